The normalized spacial score (nSPS) is 13.5. The molecule has 2 heterocycles. The van der Waals surface area contributed by atoms with Crippen LogP contribution in [0.1, 0.15) is 11.3 Å². The highest BCUT2D eigenvalue weighted by molar-refractivity contribution is 7.13. The molecule has 1 aromatic carbocycles. The van der Waals surface area contributed by atoms with Crippen molar-refractivity contribution in [2.75, 3.05) is 19.5 Å². The van der Waals surface area contributed by atoms with Crippen molar-refractivity contribution in [1.82, 2.24) is 4.98 Å². The molecular formula is C13H12N2O2S. The Hall–Kier alpha value is -2.01. The third-order valence-corrected chi connectivity index (χ3v) is 3.46. The quantitative estimate of drug-likeness (QED) is 0.902. The molecule has 2 N–H and O–H groups in total. The number of hydrogen-bond acceptors (Lipinski definition) is 5. The van der Waals surface area contributed by atoms with Crippen LogP contribution in [0.15, 0.2) is 23.6 Å². The van der Waals surface area contributed by atoms with Crippen LogP contribution in [0.5, 0.6) is 11.5 Å². The van der Waals surface area contributed by atoms with Crippen molar-refractivity contribution < 1.29 is 9.47 Å². The first kappa shape index (κ1) is 11.1. The van der Waals surface area contributed by atoms with Gasteiger partial charge in [-0.15, -0.1) is 11.3 Å². The number of nitrogen functional groups attached to an aromatic ring is 1. The number of methoxy groups -OCH3 is 1. The minimum absolute atomic E-state index is 0.503. The Labute approximate surface area is 109 Å². The van der Waals surface area contributed by atoms with E-state index in [2.05, 4.69) is 11.1 Å². The summed E-state index contributed by atoms with van der Waals surface area (Å²) in [5.74, 6) is 1.63. The molecule has 5 heteroatoms. The van der Waals surface area contributed by atoms with E-state index in [0.29, 0.717) is 11.7 Å². The van der Waals surface area contributed by atoms with E-state index in [1.807, 2.05) is 23.6 Å². The van der Waals surface area contributed by atoms with E-state index in [0.717, 1.165) is 28.3 Å². The van der Waals surface area contributed by atoms with Gasteiger partial charge in [0.25, 0.3) is 0 Å². The van der Waals surface area contributed by atoms with Gasteiger partial charge in [0.05, 0.1) is 12.8 Å². The fourth-order valence-corrected chi connectivity index (χ4v) is 2.44. The molecule has 0 bridgehead atoms. The number of aromatic nitrogens is 1. The monoisotopic (exact) mass is 260 g/mol. The number of nitrogens with two attached hydrogens (primary N) is 1. The number of benzene rings is 1. The van der Waals surface area contributed by atoms with Crippen LogP contribution in [0.2, 0.25) is 0 Å². The molecule has 0 saturated carbocycles. The summed E-state index contributed by atoms with van der Waals surface area (Å²) in [6, 6.07) is 5.78. The van der Waals surface area contributed by atoms with Crippen molar-refractivity contribution in [2.45, 2.75) is 0 Å². The van der Waals surface area contributed by atoms with E-state index in [1.54, 1.807) is 7.11 Å². The highest BCUT2D eigenvalue weighted by Crippen LogP contribution is 2.33. The topological polar surface area (TPSA) is 57.4 Å². The summed E-state index contributed by atoms with van der Waals surface area (Å²) in [5.41, 5.74) is 8.60. The number of ether oxygens (including phenoxy) is 2. The predicted octanol–water partition coefficient (Wildman–Crippen LogP) is 2.67. The van der Waals surface area contributed by atoms with E-state index in [1.165, 1.54) is 11.3 Å². The lowest BCUT2D eigenvalue weighted by atomic mass is 10.1. The summed E-state index contributed by atoms with van der Waals surface area (Å²) >= 11 is 1.44. The Morgan fingerprint density at radius 3 is 3.06 bits per heavy atom. The van der Waals surface area contributed by atoms with Gasteiger partial charge in [-0.05, 0) is 18.2 Å². The average Bonchev–Trinajstić information content (AvgIpc) is 2.84. The molecule has 0 amide bonds. The number of hydrogen-bond donors (Lipinski definition) is 1. The lowest BCUT2D eigenvalue weighted by Crippen LogP contribution is -2.07. The lowest BCUT2D eigenvalue weighted by Gasteiger charge is -2.17. The predicted molar refractivity (Wildman–Crippen MR) is 72.9 cm³/mol. The van der Waals surface area contributed by atoms with E-state index < -0.39 is 0 Å². The van der Waals surface area contributed by atoms with Gasteiger partial charge in [-0.25, -0.2) is 4.98 Å². The van der Waals surface area contributed by atoms with Crippen LogP contribution in [-0.4, -0.2) is 18.7 Å². The molecule has 0 atom stereocenters. The summed E-state index contributed by atoms with van der Waals surface area (Å²) in [6.07, 6.45) is 2.08. The van der Waals surface area contributed by atoms with E-state index in [-0.39, 0.29) is 0 Å². The molecule has 92 valence electrons. The van der Waals surface area contributed by atoms with Crippen molar-refractivity contribution in [3.63, 3.8) is 0 Å². The number of nitrogens with zero attached hydrogens (tertiary/aromatic N) is 1. The lowest BCUT2D eigenvalue weighted by molar-refractivity contribution is 0.359. The van der Waals surface area contributed by atoms with Gasteiger partial charge in [0.2, 0.25) is 0 Å². The summed E-state index contributed by atoms with van der Waals surface area (Å²) in [5, 5.41) is 2.52. The van der Waals surface area contributed by atoms with Crippen molar-refractivity contribution in [1.29, 1.82) is 0 Å². The van der Waals surface area contributed by atoms with Gasteiger partial charge in [0.1, 0.15) is 18.1 Å². The van der Waals surface area contributed by atoms with Crippen molar-refractivity contribution >= 4 is 28.1 Å². The van der Waals surface area contributed by atoms with E-state index >= 15 is 0 Å². The van der Waals surface area contributed by atoms with Gasteiger partial charge in [-0.2, -0.15) is 0 Å². The summed E-state index contributed by atoms with van der Waals surface area (Å²) in [4.78, 5) is 4.26. The molecule has 0 spiro atoms. The largest absolute Gasteiger partial charge is 0.497 e. The maximum absolute atomic E-state index is 5.72. The van der Waals surface area contributed by atoms with E-state index in [9.17, 15) is 0 Å². The minimum atomic E-state index is 0.503. The van der Waals surface area contributed by atoms with Crippen LogP contribution in [-0.2, 0) is 0 Å². The zero-order valence-electron chi connectivity index (χ0n) is 9.84. The van der Waals surface area contributed by atoms with Crippen LogP contribution in [0, 0.1) is 0 Å². The molecule has 1 aromatic heterocycles. The maximum atomic E-state index is 5.72. The van der Waals surface area contributed by atoms with Crippen LogP contribution in [0.4, 0.5) is 5.13 Å². The Balaban J connectivity index is 1.98. The molecule has 4 nitrogen and oxygen atoms in total. The minimum Gasteiger partial charge on any atom is -0.497 e. The van der Waals surface area contributed by atoms with Gasteiger partial charge in [-0.3, -0.25) is 0 Å². The fraction of sp³-hybridized carbons (Fsp3) is 0.154. The molecule has 1 aliphatic rings. The highest BCUT2D eigenvalue weighted by atomic mass is 32.1. The van der Waals surface area contributed by atoms with Crippen molar-refractivity contribution in [3.05, 3.63) is 34.8 Å². The first-order valence-electron chi connectivity index (χ1n) is 5.49. The summed E-state index contributed by atoms with van der Waals surface area (Å²) in [6.45, 7) is 0.503. The third-order valence-electron chi connectivity index (χ3n) is 2.78. The molecule has 0 unspecified atom stereocenters. The van der Waals surface area contributed by atoms with Crippen LogP contribution < -0.4 is 15.2 Å². The molecule has 3 rings (SSSR count). The number of rotatable bonds is 2. The molecule has 0 radical (unpaired) electrons. The molecule has 0 aliphatic carbocycles. The second-order valence-corrected chi connectivity index (χ2v) is 4.82. The smallest absolute Gasteiger partial charge is 0.180 e. The van der Waals surface area contributed by atoms with Crippen molar-refractivity contribution in [2.24, 2.45) is 0 Å². The second kappa shape index (κ2) is 4.34. The third kappa shape index (κ3) is 1.93. The number of thiazole rings is 1. The zero-order chi connectivity index (χ0) is 12.5. The van der Waals surface area contributed by atoms with Gasteiger partial charge in [-0.1, -0.05) is 0 Å². The Kier molecular flexibility index (Phi) is 2.68. The first-order chi connectivity index (χ1) is 8.76. The fourth-order valence-electron chi connectivity index (χ4n) is 1.85. The summed E-state index contributed by atoms with van der Waals surface area (Å²) < 4.78 is 10.9. The van der Waals surface area contributed by atoms with Gasteiger partial charge < -0.3 is 15.2 Å². The average molecular weight is 260 g/mol. The molecule has 0 fully saturated rings. The molecule has 1 aliphatic heterocycles. The number of anilines is 1. The molecule has 18 heavy (non-hydrogen) atoms. The van der Waals surface area contributed by atoms with E-state index in [4.69, 9.17) is 15.2 Å². The second-order valence-electron chi connectivity index (χ2n) is 3.93. The first-order valence-corrected chi connectivity index (χ1v) is 6.37. The Bertz CT molecular complexity index is 619. The standard InChI is InChI=1S/C13H12N2O2S/c1-16-10-3-2-8-4-9(6-17-12(8)5-10)11-7-18-13(14)15-11/h2-5,7H,6H2,1H3,(H2,14,15). The Morgan fingerprint density at radius 2 is 2.33 bits per heavy atom. The van der Waals surface area contributed by atoms with Gasteiger partial charge >= 0.3 is 0 Å². The molecule has 2 aromatic rings. The van der Waals surface area contributed by atoms with Crippen molar-refractivity contribution in [3.8, 4) is 11.5 Å². The maximum Gasteiger partial charge on any atom is 0.180 e. The van der Waals surface area contributed by atoms with Gasteiger partial charge in [0, 0.05) is 22.6 Å². The Morgan fingerprint density at radius 1 is 1.44 bits per heavy atom. The molecule has 0 saturated heterocycles. The molecular weight excluding hydrogens is 248 g/mol. The van der Waals surface area contributed by atoms with Crippen LogP contribution in [0.25, 0.3) is 11.6 Å². The summed E-state index contributed by atoms with van der Waals surface area (Å²) in [7, 11) is 1.64. The van der Waals surface area contributed by atoms with Crippen LogP contribution >= 0.6 is 11.3 Å². The SMILES string of the molecule is COc1ccc2c(c1)OCC(c1csc(N)n1)=C2. The highest BCUT2D eigenvalue weighted by Gasteiger charge is 2.15. The zero-order valence-corrected chi connectivity index (χ0v) is 10.7. The van der Waals surface area contributed by atoms with Crippen LogP contribution in [0.3, 0.4) is 0 Å². The van der Waals surface area contributed by atoms with Gasteiger partial charge in [0.15, 0.2) is 5.13 Å². The number of fused-ring (bicyclic) bond motifs is 1.